The van der Waals surface area contributed by atoms with E-state index < -0.39 is 0 Å². The van der Waals surface area contributed by atoms with E-state index in [4.69, 9.17) is 21.1 Å². The molecule has 0 spiro atoms. The molecule has 53 heavy (non-hydrogen) atoms. The highest BCUT2D eigenvalue weighted by molar-refractivity contribution is 6.29. The van der Waals surface area contributed by atoms with Crippen LogP contribution in [0.4, 0.5) is 28.6 Å². The van der Waals surface area contributed by atoms with Gasteiger partial charge < -0.3 is 60.0 Å². The standard InChI is InChI=1S/C19H20N4O2.C11H9ClN2O.C8H12N2O.2ClH.H2/c1-23(2)16-9-8-13(10-17(16)24)22-19-11-15(20-12-21-19)14-6-4-5-7-18(14)25-3;1-15-10-5-3-2-4-8(10)9-6-11(12)14-7-13-9;1-10(2)7-4-3-6(9)5-8(7)11;;;/h4-12,24H,1-3H3,(H,20,21,22);2-7H,1H3;3-5,11H,9H2,1-2H3;3*1H. The minimum atomic E-state index is 0. The average molecular weight is 784 g/mol. The van der Waals surface area contributed by atoms with Gasteiger partial charge in [0.25, 0.3) is 0 Å². The molecule has 0 unspecified atom stereocenters. The van der Waals surface area contributed by atoms with Gasteiger partial charge in [0.05, 0.1) is 37.0 Å². The summed E-state index contributed by atoms with van der Waals surface area (Å²) >= 11 is 5.80. The summed E-state index contributed by atoms with van der Waals surface area (Å²) in [6.45, 7) is 0. The monoisotopic (exact) mass is 782 g/mol. The van der Waals surface area contributed by atoms with Crippen LogP contribution < -0.4 is 55.1 Å². The quantitative estimate of drug-likeness (QED) is 0.121. The number of nitrogens with two attached hydrogens (primary N) is 1. The fourth-order valence-corrected chi connectivity index (χ4v) is 5.07. The van der Waals surface area contributed by atoms with Crippen molar-refractivity contribution in [1.82, 2.24) is 19.9 Å². The number of rotatable bonds is 8. The lowest BCUT2D eigenvalue weighted by molar-refractivity contribution is -0.483. The molecule has 0 saturated carbocycles. The van der Waals surface area contributed by atoms with Gasteiger partial charge in [-0.05, 0) is 36.4 Å². The van der Waals surface area contributed by atoms with Gasteiger partial charge in [0.2, 0.25) is 5.82 Å². The third-order valence-corrected chi connectivity index (χ3v) is 7.61. The van der Waals surface area contributed by atoms with E-state index in [9.17, 15) is 10.2 Å². The van der Waals surface area contributed by atoms with Crippen LogP contribution in [0.15, 0.2) is 110 Å². The van der Waals surface area contributed by atoms with Crippen LogP contribution in [0.2, 0.25) is 5.15 Å². The number of halogens is 3. The van der Waals surface area contributed by atoms with Crippen LogP contribution in [0.5, 0.6) is 23.0 Å². The van der Waals surface area contributed by atoms with Crippen LogP contribution in [0, 0.1) is 0 Å². The number of para-hydroxylation sites is 2. The predicted octanol–water partition coefficient (Wildman–Crippen LogP) is -0.158. The minimum Gasteiger partial charge on any atom is -1.00 e. The minimum absolute atomic E-state index is 0. The van der Waals surface area contributed by atoms with Gasteiger partial charge in [-0.25, -0.2) is 15.0 Å². The van der Waals surface area contributed by atoms with Gasteiger partial charge >= 0.3 is 0 Å². The molecule has 0 aliphatic carbocycles. The van der Waals surface area contributed by atoms with Crippen LogP contribution in [0.25, 0.3) is 22.5 Å². The first-order valence-corrected chi connectivity index (χ1v) is 16.1. The van der Waals surface area contributed by atoms with Crippen LogP contribution in [0.3, 0.4) is 0 Å². The molecule has 0 bridgehead atoms. The van der Waals surface area contributed by atoms with E-state index in [-0.39, 0.29) is 37.7 Å². The largest absolute Gasteiger partial charge is 1.00 e. The highest BCUT2D eigenvalue weighted by Crippen LogP contribution is 2.31. The fourth-order valence-electron chi connectivity index (χ4n) is 4.92. The molecule has 0 aliphatic rings. The van der Waals surface area contributed by atoms with Gasteiger partial charge in [0.15, 0.2) is 0 Å². The van der Waals surface area contributed by atoms with Crippen molar-refractivity contribution in [3.8, 4) is 45.5 Å². The molecule has 0 radical (unpaired) electrons. The molecule has 0 fully saturated rings. The van der Waals surface area contributed by atoms with Gasteiger partial charge in [0, 0.05) is 77.1 Å². The summed E-state index contributed by atoms with van der Waals surface area (Å²) < 4.78 is 10.6. The van der Waals surface area contributed by atoms with Gasteiger partial charge in [0.1, 0.15) is 52.2 Å². The zero-order chi connectivity index (χ0) is 36.9. The second-order valence-electron chi connectivity index (χ2n) is 11.5. The van der Waals surface area contributed by atoms with E-state index in [1.807, 2.05) is 122 Å². The first-order valence-electron chi connectivity index (χ1n) is 15.7. The van der Waals surface area contributed by atoms with Crippen molar-refractivity contribution < 1.29 is 57.0 Å². The smallest absolute Gasteiger partial charge is 0.232 e. The summed E-state index contributed by atoms with van der Waals surface area (Å²) in [5.74, 6) is 2.81. The second kappa shape index (κ2) is 21.2. The van der Waals surface area contributed by atoms with Crippen molar-refractivity contribution in [2.75, 3.05) is 52.2 Å². The summed E-state index contributed by atoms with van der Waals surface area (Å²) in [6, 6.07) is 29.9. The molecule has 282 valence electrons. The SMILES string of the molecule is CN(C)c1ccc([NH3+])cc1O.COc1ccccc1-c1cc(Cl)ncn1.COc1ccccc1-c1cc([NH2+]c2ccc(N(C)C)c(O)c2)ncn1.[Cl-].[Cl-].[HH]. The lowest BCUT2D eigenvalue weighted by Gasteiger charge is -2.14. The van der Waals surface area contributed by atoms with Crippen molar-refractivity contribution in [3.05, 3.63) is 115 Å². The van der Waals surface area contributed by atoms with Crippen molar-refractivity contribution in [1.29, 1.82) is 0 Å². The van der Waals surface area contributed by atoms with Gasteiger partial charge in [-0.1, -0.05) is 35.9 Å². The Morgan fingerprint density at radius 2 is 1.13 bits per heavy atom. The third kappa shape index (κ3) is 12.4. The third-order valence-electron chi connectivity index (χ3n) is 7.41. The first kappa shape index (κ1) is 43.8. The van der Waals surface area contributed by atoms with E-state index in [0.717, 1.165) is 62.6 Å². The van der Waals surface area contributed by atoms with Crippen LogP contribution in [0.1, 0.15) is 1.43 Å². The lowest BCUT2D eigenvalue weighted by Crippen LogP contribution is -3.00. The average Bonchev–Trinajstić information content (AvgIpc) is 3.12. The van der Waals surface area contributed by atoms with Gasteiger partial charge in [-0.2, -0.15) is 4.98 Å². The van der Waals surface area contributed by atoms with E-state index in [0.29, 0.717) is 5.15 Å². The summed E-state index contributed by atoms with van der Waals surface area (Å²) in [4.78, 5) is 20.3. The van der Waals surface area contributed by atoms with E-state index in [1.165, 1.54) is 12.7 Å². The summed E-state index contributed by atoms with van der Waals surface area (Å²) in [6.07, 6.45) is 2.96. The molecule has 7 N–H and O–H groups in total. The van der Waals surface area contributed by atoms with Crippen molar-refractivity contribution in [2.45, 2.75) is 0 Å². The molecule has 6 rings (SSSR count). The normalized spacial score (nSPS) is 9.81. The molecule has 0 amide bonds. The maximum Gasteiger partial charge on any atom is 0.232 e. The Kier molecular flexibility index (Phi) is 17.5. The molecule has 0 saturated heterocycles. The Bertz CT molecular complexity index is 2060. The van der Waals surface area contributed by atoms with E-state index >= 15 is 0 Å². The highest BCUT2D eigenvalue weighted by Gasteiger charge is 2.12. The molecule has 0 aliphatic heterocycles. The zero-order valence-electron chi connectivity index (χ0n) is 30.2. The van der Waals surface area contributed by atoms with Crippen LogP contribution in [-0.4, -0.2) is 72.6 Å². The summed E-state index contributed by atoms with van der Waals surface area (Å²) in [5.41, 5.74) is 10.3. The zero-order valence-corrected chi connectivity index (χ0v) is 32.5. The number of benzene rings is 4. The molecular formula is C38H45Cl3N8O4. The number of hydrogen-bond acceptors (Lipinski definition) is 10. The molecule has 2 aromatic heterocycles. The molecule has 12 nitrogen and oxygen atoms in total. The first-order chi connectivity index (χ1) is 24.5. The molecule has 4 aromatic carbocycles. The Morgan fingerprint density at radius 1 is 0.642 bits per heavy atom. The number of hydrogen-bond donors (Lipinski definition) is 4. The number of phenols is 2. The van der Waals surface area contributed by atoms with E-state index in [2.05, 4.69) is 25.7 Å². The Labute approximate surface area is 328 Å². The number of anilines is 2. The summed E-state index contributed by atoms with van der Waals surface area (Å²) in [7, 11) is 10.8. The lowest BCUT2D eigenvalue weighted by atomic mass is 10.1. The Balaban J connectivity index is 0.000000431. The number of aromatic nitrogens is 4. The number of methoxy groups -OCH3 is 2. The second-order valence-corrected chi connectivity index (χ2v) is 11.8. The highest BCUT2D eigenvalue weighted by atomic mass is 35.5. The molecule has 15 heteroatoms. The van der Waals surface area contributed by atoms with Crippen molar-refractivity contribution in [3.63, 3.8) is 0 Å². The number of quaternary nitrogens is 2. The van der Waals surface area contributed by atoms with Crippen molar-refractivity contribution in [2.24, 2.45) is 0 Å². The van der Waals surface area contributed by atoms with Crippen LogP contribution in [-0.2, 0) is 0 Å². The Hall–Kier alpha value is -5.37. The number of nitrogens with zero attached hydrogens (tertiary/aromatic N) is 6. The predicted molar refractivity (Wildman–Crippen MR) is 204 cm³/mol. The molecule has 6 aromatic rings. The summed E-state index contributed by atoms with van der Waals surface area (Å²) in [5, 5.41) is 21.8. The molecular weight excluding hydrogens is 739 g/mol. The number of phenolic OH excluding ortho intramolecular Hbond substituents is 2. The van der Waals surface area contributed by atoms with Crippen molar-refractivity contribution >= 4 is 40.2 Å². The van der Waals surface area contributed by atoms with Gasteiger partial charge in [-0.15, -0.1) is 0 Å². The Morgan fingerprint density at radius 3 is 1.62 bits per heavy atom. The van der Waals surface area contributed by atoms with E-state index in [1.54, 1.807) is 32.4 Å². The number of ether oxygens (including phenoxy) is 2. The topological polar surface area (TPSA) is 161 Å². The molecule has 0 atom stereocenters. The maximum absolute atomic E-state index is 10.1. The van der Waals surface area contributed by atoms with Gasteiger partial charge in [-0.3, -0.25) is 5.32 Å². The van der Waals surface area contributed by atoms with Crippen LogP contribution >= 0.6 is 11.6 Å². The molecule has 2 heterocycles. The fraction of sp³-hybridized carbons (Fsp3) is 0.158. The maximum atomic E-state index is 10.1. The number of aromatic hydroxyl groups is 2.